The standard InChI is InChI=1S/C22H30N4O3/c1-23-8-6-16(7-9-23)21(27)26-12-10-25(11-13-26)15-18-5-3-4-17-14-19(22(28)29)24(2)20(17)18/h3-5,14,16H,6-13,15H2,1-2H3,(H,28,29). The molecule has 156 valence electrons. The lowest BCUT2D eigenvalue weighted by atomic mass is 9.95. The van der Waals surface area contributed by atoms with Crippen LogP contribution in [0.3, 0.4) is 0 Å². The summed E-state index contributed by atoms with van der Waals surface area (Å²) in [7, 11) is 3.93. The highest BCUT2D eigenvalue weighted by Crippen LogP contribution is 2.25. The Bertz CT molecular complexity index is 906. The van der Waals surface area contributed by atoms with Gasteiger partial charge in [0.1, 0.15) is 5.69 Å². The maximum atomic E-state index is 12.8. The summed E-state index contributed by atoms with van der Waals surface area (Å²) >= 11 is 0. The number of piperazine rings is 1. The first-order chi connectivity index (χ1) is 13.9. The van der Waals surface area contributed by atoms with Crippen LogP contribution in [-0.2, 0) is 18.4 Å². The Kier molecular flexibility index (Phi) is 5.61. The van der Waals surface area contributed by atoms with Gasteiger partial charge >= 0.3 is 5.97 Å². The SMILES string of the molecule is CN1CCC(C(=O)N2CCN(Cc3cccc4cc(C(=O)O)n(C)c34)CC2)CC1. The smallest absolute Gasteiger partial charge is 0.352 e. The number of carboxylic acid groups (broad SMARTS) is 1. The number of amides is 1. The molecular weight excluding hydrogens is 368 g/mol. The molecule has 0 radical (unpaired) electrons. The molecule has 1 amide bonds. The first kappa shape index (κ1) is 19.9. The molecule has 0 aliphatic carbocycles. The minimum Gasteiger partial charge on any atom is -0.477 e. The molecule has 7 nitrogen and oxygen atoms in total. The first-order valence-electron chi connectivity index (χ1n) is 10.4. The molecule has 1 N–H and O–H groups in total. The Morgan fingerprint density at radius 2 is 1.72 bits per heavy atom. The predicted octanol–water partition coefficient (Wildman–Crippen LogP) is 1.86. The van der Waals surface area contributed by atoms with Crippen LogP contribution in [0.2, 0.25) is 0 Å². The van der Waals surface area contributed by atoms with Crippen LogP contribution < -0.4 is 0 Å². The van der Waals surface area contributed by atoms with Crippen molar-refractivity contribution >= 4 is 22.8 Å². The van der Waals surface area contributed by atoms with Crippen molar-refractivity contribution in [2.75, 3.05) is 46.3 Å². The zero-order valence-corrected chi connectivity index (χ0v) is 17.3. The van der Waals surface area contributed by atoms with Crippen molar-refractivity contribution in [2.45, 2.75) is 19.4 Å². The molecule has 7 heteroatoms. The average molecular weight is 399 g/mol. The van der Waals surface area contributed by atoms with Gasteiger partial charge in [-0.3, -0.25) is 9.69 Å². The number of piperidine rings is 1. The summed E-state index contributed by atoms with van der Waals surface area (Å²) in [5, 5.41) is 10.4. The lowest BCUT2D eigenvalue weighted by Crippen LogP contribution is -2.51. The summed E-state index contributed by atoms with van der Waals surface area (Å²) < 4.78 is 1.77. The number of aromatic carboxylic acids is 1. The van der Waals surface area contributed by atoms with E-state index in [1.54, 1.807) is 10.6 Å². The third-order valence-corrected chi connectivity index (χ3v) is 6.50. The molecule has 2 aliphatic heterocycles. The van der Waals surface area contributed by atoms with E-state index in [0.717, 1.165) is 75.1 Å². The molecular formula is C22H30N4O3. The van der Waals surface area contributed by atoms with Crippen molar-refractivity contribution in [3.05, 3.63) is 35.5 Å². The molecule has 4 rings (SSSR count). The fourth-order valence-electron chi connectivity index (χ4n) is 4.72. The normalized spacial score (nSPS) is 19.7. The summed E-state index contributed by atoms with van der Waals surface area (Å²) in [6.45, 7) is 6.04. The van der Waals surface area contributed by atoms with Crippen LogP contribution in [0.5, 0.6) is 0 Å². The molecule has 2 aromatic rings. The molecule has 0 unspecified atom stereocenters. The number of carbonyl (C=O) groups excluding carboxylic acids is 1. The second-order valence-electron chi connectivity index (χ2n) is 8.43. The second-order valence-corrected chi connectivity index (χ2v) is 8.43. The molecule has 2 saturated heterocycles. The molecule has 1 aromatic carbocycles. The number of aromatic nitrogens is 1. The number of para-hydroxylation sites is 1. The van der Waals surface area contributed by atoms with Crippen LogP contribution in [0.15, 0.2) is 24.3 Å². The fraction of sp³-hybridized carbons (Fsp3) is 0.545. The average Bonchev–Trinajstić information content (AvgIpc) is 3.07. The highest BCUT2D eigenvalue weighted by atomic mass is 16.4. The van der Waals surface area contributed by atoms with Crippen molar-refractivity contribution in [3.63, 3.8) is 0 Å². The predicted molar refractivity (Wildman–Crippen MR) is 112 cm³/mol. The van der Waals surface area contributed by atoms with E-state index in [1.165, 1.54) is 0 Å². The summed E-state index contributed by atoms with van der Waals surface area (Å²) in [5.41, 5.74) is 2.42. The number of nitrogens with zero attached hydrogens (tertiary/aromatic N) is 4. The van der Waals surface area contributed by atoms with E-state index in [2.05, 4.69) is 22.9 Å². The highest BCUT2D eigenvalue weighted by Gasteiger charge is 2.29. The summed E-state index contributed by atoms with van der Waals surface area (Å²) in [6.07, 6.45) is 1.94. The van der Waals surface area contributed by atoms with Crippen molar-refractivity contribution in [1.82, 2.24) is 19.3 Å². The fourth-order valence-corrected chi connectivity index (χ4v) is 4.72. The number of benzene rings is 1. The van der Waals surface area contributed by atoms with E-state index in [1.807, 2.05) is 24.1 Å². The van der Waals surface area contributed by atoms with Crippen molar-refractivity contribution in [2.24, 2.45) is 13.0 Å². The van der Waals surface area contributed by atoms with Gasteiger partial charge in [-0.25, -0.2) is 4.79 Å². The number of carboxylic acids is 1. The number of hydrogen-bond acceptors (Lipinski definition) is 4. The Morgan fingerprint density at radius 3 is 2.38 bits per heavy atom. The summed E-state index contributed by atoms with van der Waals surface area (Å²) in [6, 6.07) is 7.76. The number of rotatable bonds is 4. The van der Waals surface area contributed by atoms with E-state index in [9.17, 15) is 14.7 Å². The van der Waals surface area contributed by atoms with Crippen LogP contribution in [0.1, 0.15) is 28.9 Å². The third kappa shape index (κ3) is 4.02. The van der Waals surface area contributed by atoms with E-state index in [-0.39, 0.29) is 5.92 Å². The van der Waals surface area contributed by atoms with E-state index < -0.39 is 5.97 Å². The van der Waals surface area contributed by atoms with Gasteiger partial charge in [-0.05, 0) is 44.6 Å². The molecule has 2 aliphatic rings. The van der Waals surface area contributed by atoms with Gasteiger partial charge in [0.2, 0.25) is 5.91 Å². The number of carbonyl (C=O) groups is 2. The Labute approximate surface area is 171 Å². The van der Waals surface area contributed by atoms with Gasteiger partial charge in [-0.1, -0.05) is 18.2 Å². The summed E-state index contributed by atoms with van der Waals surface area (Å²) in [4.78, 5) is 31.0. The minimum atomic E-state index is -0.907. The first-order valence-corrected chi connectivity index (χ1v) is 10.4. The van der Waals surface area contributed by atoms with Crippen molar-refractivity contribution < 1.29 is 14.7 Å². The number of likely N-dealkylation sites (tertiary alicyclic amines) is 1. The lowest BCUT2D eigenvalue weighted by molar-refractivity contribution is -0.138. The summed E-state index contributed by atoms with van der Waals surface area (Å²) in [5.74, 6) is -0.395. The van der Waals surface area contributed by atoms with E-state index >= 15 is 0 Å². The van der Waals surface area contributed by atoms with Crippen LogP contribution in [0, 0.1) is 5.92 Å². The second kappa shape index (κ2) is 8.16. The van der Waals surface area contributed by atoms with Gasteiger partial charge in [0.05, 0.1) is 5.52 Å². The maximum absolute atomic E-state index is 12.8. The molecule has 2 fully saturated rings. The third-order valence-electron chi connectivity index (χ3n) is 6.50. The molecule has 0 bridgehead atoms. The van der Waals surface area contributed by atoms with Gasteiger partial charge in [-0.2, -0.15) is 0 Å². The molecule has 3 heterocycles. The lowest BCUT2D eigenvalue weighted by Gasteiger charge is -2.38. The largest absolute Gasteiger partial charge is 0.477 e. The van der Waals surface area contributed by atoms with Gasteiger partial charge in [0, 0.05) is 51.1 Å². The number of fused-ring (bicyclic) bond motifs is 1. The van der Waals surface area contributed by atoms with Crippen molar-refractivity contribution in [1.29, 1.82) is 0 Å². The molecule has 1 aromatic heterocycles. The van der Waals surface area contributed by atoms with Crippen LogP contribution in [0.4, 0.5) is 0 Å². The minimum absolute atomic E-state index is 0.185. The van der Waals surface area contributed by atoms with Gasteiger partial charge in [0.25, 0.3) is 0 Å². The topological polar surface area (TPSA) is 69.0 Å². The van der Waals surface area contributed by atoms with Gasteiger partial charge in [0.15, 0.2) is 0 Å². The Balaban J connectivity index is 1.40. The molecule has 0 saturated carbocycles. The van der Waals surface area contributed by atoms with Crippen LogP contribution in [0.25, 0.3) is 10.9 Å². The van der Waals surface area contributed by atoms with Crippen LogP contribution >= 0.6 is 0 Å². The Hall–Kier alpha value is -2.38. The maximum Gasteiger partial charge on any atom is 0.352 e. The van der Waals surface area contributed by atoms with Crippen LogP contribution in [-0.4, -0.2) is 82.6 Å². The quantitative estimate of drug-likeness (QED) is 0.852. The highest BCUT2D eigenvalue weighted by molar-refractivity contribution is 5.95. The Morgan fingerprint density at radius 1 is 1.03 bits per heavy atom. The number of aryl methyl sites for hydroxylation is 1. The molecule has 0 atom stereocenters. The molecule has 0 spiro atoms. The zero-order chi connectivity index (χ0) is 20.5. The molecule has 29 heavy (non-hydrogen) atoms. The van der Waals surface area contributed by atoms with Gasteiger partial charge < -0.3 is 19.5 Å². The van der Waals surface area contributed by atoms with Crippen molar-refractivity contribution in [3.8, 4) is 0 Å². The zero-order valence-electron chi connectivity index (χ0n) is 17.3. The number of hydrogen-bond donors (Lipinski definition) is 1. The van der Waals surface area contributed by atoms with Gasteiger partial charge in [-0.15, -0.1) is 0 Å². The monoisotopic (exact) mass is 398 g/mol. The van der Waals surface area contributed by atoms with E-state index in [0.29, 0.717) is 11.6 Å². The van der Waals surface area contributed by atoms with E-state index in [4.69, 9.17) is 0 Å².